The molecule has 5 nitrogen and oxygen atoms in total. The number of nitrogens with one attached hydrogen (secondary N) is 2. The topological polar surface area (TPSA) is 68.2 Å². The number of hydrogen-bond donors (Lipinski definition) is 2. The van der Waals surface area contributed by atoms with E-state index in [-0.39, 0.29) is 12.5 Å². The summed E-state index contributed by atoms with van der Waals surface area (Å²) in [5.41, 5.74) is 0. The standard InChI is InChI=1S/C11H20N4O/c1-15(9-11(16)14-7-5-12)8-10-4-2-3-6-13-10/h10,13H,2-4,6-9H2,1H3,(H,14,16). The van der Waals surface area contributed by atoms with Crippen LogP contribution in [0.25, 0.3) is 0 Å². The van der Waals surface area contributed by atoms with Crippen LogP contribution in [0.2, 0.25) is 0 Å². The predicted octanol–water partition coefficient (Wildman–Crippen LogP) is -0.300. The zero-order valence-electron chi connectivity index (χ0n) is 9.83. The van der Waals surface area contributed by atoms with Gasteiger partial charge in [0, 0.05) is 12.6 Å². The zero-order chi connectivity index (χ0) is 11.8. The first kappa shape index (κ1) is 12.9. The average molecular weight is 224 g/mol. The Morgan fingerprint density at radius 1 is 1.62 bits per heavy atom. The van der Waals surface area contributed by atoms with Crippen LogP contribution >= 0.6 is 0 Å². The van der Waals surface area contributed by atoms with Crippen molar-refractivity contribution in [2.75, 3.05) is 33.2 Å². The van der Waals surface area contributed by atoms with Gasteiger partial charge >= 0.3 is 0 Å². The molecule has 0 spiro atoms. The van der Waals surface area contributed by atoms with Crippen molar-refractivity contribution in [3.05, 3.63) is 0 Å². The summed E-state index contributed by atoms with van der Waals surface area (Å²) in [5, 5.41) is 14.3. The van der Waals surface area contributed by atoms with Crippen LogP contribution in [0.1, 0.15) is 19.3 Å². The lowest BCUT2D eigenvalue weighted by Gasteiger charge is -2.27. The Morgan fingerprint density at radius 3 is 3.06 bits per heavy atom. The molecule has 0 aliphatic carbocycles. The van der Waals surface area contributed by atoms with Gasteiger partial charge in [-0.15, -0.1) is 0 Å². The summed E-state index contributed by atoms with van der Waals surface area (Å²) in [7, 11) is 1.93. The zero-order valence-corrected chi connectivity index (χ0v) is 9.83. The molecule has 16 heavy (non-hydrogen) atoms. The Morgan fingerprint density at radius 2 is 2.44 bits per heavy atom. The van der Waals surface area contributed by atoms with Crippen molar-refractivity contribution in [3.8, 4) is 6.07 Å². The lowest BCUT2D eigenvalue weighted by Crippen LogP contribution is -2.45. The molecule has 0 saturated carbocycles. The van der Waals surface area contributed by atoms with E-state index in [4.69, 9.17) is 5.26 Å². The van der Waals surface area contributed by atoms with Gasteiger partial charge in [0.1, 0.15) is 6.54 Å². The van der Waals surface area contributed by atoms with Gasteiger partial charge in [0.25, 0.3) is 0 Å². The highest BCUT2D eigenvalue weighted by Gasteiger charge is 2.15. The molecule has 5 heteroatoms. The predicted molar refractivity (Wildman–Crippen MR) is 61.8 cm³/mol. The lowest BCUT2D eigenvalue weighted by molar-refractivity contribution is -0.121. The van der Waals surface area contributed by atoms with Gasteiger partial charge in [0.15, 0.2) is 0 Å². The number of hydrogen-bond acceptors (Lipinski definition) is 4. The first-order valence-electron chi connectivity index (χ1n) is 5.78. The molecule has 1 rings (SSSR count). The van der Waals surface area contributed by atoms with E-state index in [9.17, 15) is 4.79 Å². The van der Waals surface area contributed by atoms with Gasteiger partial charge in [-0.05, 0) is 26.4 Å². The number of piperidine rings is 1. The fraction of sp³-hybridized carbons (Fsp3) is 0.818. The number of amides is 1. The quantitative estimate of drug-likeness (QED) is 0.629. The smallest absolute Gasteiger partial charge is 0.234 e. The maximum Gasteiger partial charge on any atom is 0.234 e. The number of rotatable bonds is 5. The molecular weight excluding hydrogens is 204 g/mol. The minimum Gasteiger partial charge on any atom is -0.342 e. The number of carbonyl (C=O) groups is 1. The normalized spacial score (nSPS) is 20.4. The fourth-order valence-corrected chi connectivity index (χ4v) is 1.96. The maximum absolute atomic E-state index is 11.3. The second-order valence-electron chi connectivity index (χ2n) is 4.28. The first-order chi connectivity index (χ1) is 7.72. The van der Waals surface area contributed by atoms with E-state index in [1.165, 1.54) is 19.3 Å². The molecule has 1 heterocycles. The molecular formula is C11H20N4O. The SMILES string of the molecule is CN(CC(=O)NCC#N)CC1CCCCN1. The van der Waals surface area contributed by atoms with Crippen molar-refractivity contribution in [1.29, 1.82) is 5.26 Å². The molecule has 1 atom stereocenters. The molecule has 1 fully saturated rings. The first-order valence-corrected chi connectivity index (χ1v) is 5.78. The summed E-state index contributed by atoms with van der Waals surface area (Å²) in [5.74, 6) is -0.0835. The monoisotopic (exact) mass is 224 g/mol. The Balaban J connectivity index is 2.16. The highest BCUT2D eigenvalue weighted by molar-refractivity contribution is 5.78. The second kappa shape index (κ2) is 7.20. The van der Waals surface area contributed by atoms with Crippen LogP contribution < -0.4 is 10.6 Å². The van der Waals surface area contributed by atoms with Crippen molar-refractivity contribution < 1.29 is 4.79 Å². The molecule has 2 N–H and O–H groups in total. The second-order valence-corrected chi connectivity index (χ2v) is 4.28. The van der Waals surface area contributed by atoms with Crippen LogP contribution in [0.15, 0.2) is 0 Å². The minimum atomic E-state index is -0.0835. The number of nitriles is 1. The average Bonchev–Trinajstić information content (AvgIpc) is 2.27. The molecule has 0 aromatic heterocycles. The third kappa shape index (κ3) is 5.10. The Hall–Kier alpha value is -1.12. The van der Waals surface area contributed by atoms with Gasteiger partial charge in [0.2, 0.25) is 5.91 Å². The largest absolute Gasteiger partial charge is 0.342 e. The molecule has 1 unspecified atom stereocenters. The van der Waals surface area contributed by atoms with Gasteiger partial charge in [-0.2, -0.15) is 5.26 Å². The van der Waals surface area contributed by atoms with E-state index < -0.39 is 0 Å². The lowest BCUT2D eigenvalue weighted by atomic mass is 10.0. The van der Waals surface area contributed by atoms with Crippen LogP contribution in [-0.4, -0.2) is 50.1 Å². The Kier molecular flexibility index (Phi) is 5.83. The van der Waals surface area contributed by atoms with Crippen molar-refractivity contribution in [2.24, 2.45) is 0 Å². The summed E-state index contributed by atoms with van der Waals surface area (Å²) in [6.45, 7) is 2.42. The van der Waals surface area contributed by atoms with Gasteiger partial charge < -0.3 is 10.6 Å². The van der Waals surface area contributed by atoms with Crippen LogP contribution in [0, 0.1) is 11.3 Å². The van der Waals surface area contributed by atoms with Gasteiger partial charge in [-0.1, -0.05) is 6.42 Å². The molecule has 0 radical (unpaired) electrons. The van der Waals surface area contributed by atoms with Crippen LogP contribution in [-0.2, 0) is 4.79 Å². The molecule has 0 bridgehead atoms. The Labute approximate surface area is 96.8 Å². The minimum absolute atomic E-state index is 0.0835. The van der Waals surface area contributed by atoms with E-state index in [1.807, 2.05) is 18.0 Å². The molecule has 90 valence electrons. The van der Waals surface area contributed by atoms with Crippen LogP contribution in [0.3, 0.4) is 0 Å². The summed E-state index contributed by atoms with van der Waals surface area (Å²) in [4.78, 5) is 13.3. The van der Waals surface area contributed by atoms with Crippen molar-refractivity contribution in [3.63, 3.8) is 0 Å². The van der Waals surface area contributed by atoms with Crippen molar-refractivity contribution in [1.82, 2.24) is 15.5 Å². The molecule has 1 aliphatic heterocycles. The van der Waals surface area contributed by atoms with Crippen molar-refractivity contribution >= 4 is 5.91 Å². The van der Waals surface area contributed by atoms with Crippen LogP contribution in [0.4, 0.5) is 0 Å². The molecule has 1 amide bonds. The summed E-state index contributed by atoms with van der Waals surface area (Å²) in [6, 6.07) is 2.39. The van der Waals surface area contributed by atoms with Crippen LogP contribution in [0.5, 0.6) is 0 Å². The maximum atomic E-state index is 11.3. The van der Waals surface area contributed by atoms with E-state index in [2.05, 4.69) is 10.6 Å². The summed E-state index contributed by atoms with van der Waals surface area (Å²) < 4.78 is 0. The van der Waals surface area contributed by atoms with Gasteiger partial charge in [0.05, 0.1) is 12.6 Å². The van der Waals surface area contributed by atoms with E-state index >= 15 is 0 Å². The van der Waals surface area contributed by atoms with Crippen molar-refractivity contribution in [2.45, 2.75) is 25.3 Å². The highest BCUT2D eigenvalue weighted by atomic mass is 16.2. The van der Waals surface area contributed by atoms with Gasteiger partial charge in [-0.3, -0.25) is 9.69 Å². The van der Waals surface area contributed by atoms with E-state index in [0.717, 1.165) is 13.1 Å². The third-order valence-electron chi connectivity index (χ3n) is 2.72. The molecule has 0 aromatic carbocycles. The fourth-order valence-electron chi connectivity index (χ4n) is 1.96. The molecule has 0 aromatic rings. The summed E-state index contributed by atoms with van der Waals surface area (Å²) >= 11 is 0. The summed E-state index contributed by atoms with van der Waals surface area (Å²) in [6.07, 6.45) is 3.71. The van der Waals surface area contributed by atoms with E-state index in [0.29, 0.717) is 12.6 Å². The van der Waals surface area contributed by atoms with Gasteiger partial charge in [-0.25, -0.2) is 0 Å². The Bertz CT molecular complexity index is 255. The highest BCUT2D eigenvalue weighted by Crippen LogP contribution is 2.07. The third-order valence-corrected chi connectivity index (χ3v) is 2.72. The van der Waals surface area contributed by atoms with E-state index in [1.54, 1.807) is 0 Å². The number of nitrogens with zero attached hydrogens (tertiary/aromatic N) is 2. The number of carbonyl (C=O) groups excluding carboxylic acids is 1. The number of likely N-dealkylation sites (N-methyl/N-ethyl adjacent to an activating group) is 1. The molecule has 1 saturated heterocycles. The molecule has 1 aliphatic rings.